The number of piperidine rings is 1. The van der Waals surface area contributed by atoms with Crippen LogP contribution in [0.1, 0.15) is 44.9 Å². The van der Waals surface area contributed by atoms with Crippen molar-refractivity contribution in [2.24, 2.45) is 5.73 Å². The quantitative estimate of drug-likeness (QED) is 0.767. The SMILES string of the molecule is NC(=O)CCC(=O)N1CCCC(O)(CN2CCC(F)(F)CC2)CC1. The number of aliphatic hydroxyl groups is 1. The summed E-state index contributed by atoms with van der Waals surface area (Å²) in [5.41, 5.74) is 4.11. The molecular formula is C16H27F2N3O3. The van der Waals surface area contributed by atoms with Crippen molar-refractivity contribution in [2.75, 3.05) is 32.7 Å². The van der Waals surface area contributed by atoms with Crippen molar-refractivity contribution in [3.63, 3.8) is 0 Å². The van der Waals surface area contributed by atoms with Crippen LogP contribution >= 0.6 is 0 Å². The Bertz CT molecular complexity index is 465. The second-order valence-corrected chi connectivity index (χ2v) is 7.06. The minimum Gasteiger partial charge on any atom is -0.388 e. The lowest BCUT2D eigenvalue weighted by Crippen LogP contribution is -2.48. The van der Waals surface area contributed by atoms with Crippen molar-refractivity contribution < 1.29 is 23.5 Å². The lowest BCUT2D eigenvalue weighted by atomic mass is 9.93. The number of nitrogens with two attached hydrogens (primary N) is 1. The number of halogens is 2. The predicted molar refractivity (Wildman–Crippen MR) is 84.4 cm³/mol. The number of nitrogens with zero attached hydrogens (tertiary/aromatic N) is 2. The van der Waals surface area contributed by atoms with Gasteiger partial charge < -0.3 is 20.6 Å². The van der Waals surface area contributed by atoms with Crippen LogP contribution in [0.25, 0.3) is 0 Å². The smallest absolute Gasteiger partial charge is 0.250 e. The monoisotopic (exact) mass is 347 g/mol. The number of carbonyl (C=O) groups is 2. The van der Waals surface area contributed by atoms with Crippen molar-refractivity contribution in [1.29, 1.82) is 0 Å². The Balaban J connectivity index is 1.82. The molecular weight excluding hydrogens is 320 g/mol. The number of β-amino-alcohol motifs (C(OH)–C–C–N with tert-alkyl or cyclic N) is 1. The summed E-state index contributed by atoms with van der Waals surface area (Å²) in [6.45, 7) is 1.90. The van der Waals surface area contributed by atoms with Crippen LogP contribution in [0.2, 0.25) is 0 Å². The van der Waals surface area contributed by atoms with E-state index in [0.717, 1.165) is 0 Å². The highest BCUT2D eigenvalue weighted by Crippen LogP contribution is 2.30. The molecule has 0 bridgehead atoms. The van der Waals surface area contributed by atoms with Crippen molar-refractivity contribution in [3.8, 4) is 0 Å². The van der Waals surface area contributed by atoms with Crippen LogP contribution in [0.4, 0.5) is 8.78 Å². The van der Waals surface area contributed by atoms with Gasteiger partial charge in [-0.1, -0.05) is 0 Å². The number of hydrogen-bond donors (Lipinski definition) is 2. The summed E-state index contributed by atoms with van der Waals surface area (Å²) >= 11 is 0. The molecule has 2 aliphatic heterocycles. The Kier molecular flexibility index (Phi) is 6.14. The third-order valence-electron chi connectivity index (χ3n) is 4.96. The number of primary amides is 1. The van der Waals surface area contributed by atoms with Gasteiger partial charge in [0.2, 0.25) is 11.8 Å². The molecule has 2 heterocycles. The number of alkyl halides is 2. The molecule has 0 aliphatic carbocycles. The van der Waals surface area contributed by atoms with E-state index >= 15 is 0 Å². The van der Waals surface area contributed by atoms with Crippen molar-refractivity contribution >= 4 is 11.8 Å². The summed E-state index contributed by atoms with van der Waals surface area (Å²) < 4.78 is 26.4. The maximum absolute atomic E-state index is 13.2. The van der Waals surface area contributed by atoms with E-state index in [0.29, 0.717) is 38.9 Å². The van der Waals surface area contributed by atoms with Crippen LogP contribution < -0.4 is 5.73 Å². The van der Waals surface area contributed by atoms with Gasteiger partial charge in [0, 0.05) is 58.4 Å². The van der Waals surface area contributed by atoms with E-state index in [1.165, 1.54) is 0 Å². The second-order valence-electron chi connectivity index (χ2n) is 7.06. The second kappa shape index (κ2) is 7.74. The largest absolute Gasteiger partial charge is 0.388 e. The predicted octanol–water partition coefficient (Wildman–Crippen LogP) is 0.727. The van der Waals surface area contributed by atoms with E-state index in [4.69, 9.17) is 5.73 Å². The van der Waals surface area contributed by atoms with Gasteiger partial charge in [0.15, 0.2) is 0 Å². The minimum absolute atomic E-state index is 0.0294. The molecule has 2 fully saturated rings. The molecule has 0 aromatic heterocycles. The summed E-state index contributed by atoms with van der Waals surface area (Å²) in [6.07, 6.45) is 1.41. The van der Waals surface area contributed by atoms with Gasteiger partial charge in [0.05, 0.1) is 5.60 Å². The van der Waals surface area contributed by atoms with Gasteiger partial charge in [-0.3, -0.25) is 9.59 Å². The highest BCUT2D eigenvalue weighted by Gasteiger charge is 2.38. The van der Waals surface area contributed by atoms with Crippen LogP contribution in [0, 0.1) is 0 Å². The first-order chi connectivity index (χ1) is 11.2. The summed E-state index contributed by atoms with van der Waals surface area (Å²) in [7, 11) is 0. The van der Waals surface area contributed by atoms with Crippen LogP contribution in [0.3, 0.4) is 0 Å². The van der Waals surface area contributed by atoms with E-state index in [9.17, 15) is 23.5 Å². The number of carbonyl (C=O) groups excluding carboxylic acids is 2. The third-order valence-corrected chi connectivity index (χ3v) is 4.96. The van der Waals surface area contributed by atoms with E-state index in [-0.39, 0.29) is 44.7 Å². The van der Waals surface area contributed by atoms with Gasteiger partial charge in [-0.25, -0.2) is 8.78 Å². The lowest BCUT2D eigenvalue weighted by molar-refractivity contribution is -0.133. The average Bonchev–Trinajstić information content (AvgIpc) is 2.69. The highest BCUT2D eigenvalue weighted by molar-refractivity contribution is 5.82. The van der Waals surface area contributed by atoms with Gasteiger partial charge >= 0.3 is 0 Å². The van der Waals surface area contributed by atoms with E-state index in [1.54, 1.807) is 4.90 Å². The molecule has 1 unspecified atom stereocenters. The number of rotatable bonds is 5. The third kappa shape index (κ3) is 5.66. The van der Waals surface area contributed by atoms with E-state index < -0.39 is 17.4 Å². The molecule has 1 atom stereocenters. The standard InChI is InChI=1S/C16H27F2N3O3/c17-16(18)6-9-20(10-7-16)12-15(24)4-1-8-21(11-5-15)14(23)3-2-13(19)22/h24H,1-12H2,(H2,19,22). The zero-order valence-electron chi connectivity index (χ0n) is 14.0. The van der Waals surface area contributed by atoms with E-state index in [2.05, 4.69) is 0 Å². The fourth-order valence-corrected chi connectivity index (χ4v) is 3.43. The lowest BCUT2D eigenvalue weighted by Gasteiger charge is -2.37. The zero-order valence-corrected chi connectivity index (χ0v) is 14.0. The van der Waals surface area contributed by atoms with E-state index in [1.807, 2.05) is 4.90 Å². The fraction of sp³-hybridized carbons (Fsp3) is 0.875. The Hall–Kier alpha value is -1.28. The molecule has 24 heavy (non-hydrogen) atoms. The molecule has 0 spiro atoms. The molecule has 0 saturated carbocycles. The first-order valence-electron chi connectivity index (χ1n) is 8.58. The van der Waals surface area contributed by atoms with Crippen LogP contribution in [-0.2, 0) is 9.59 Å². The van der Waals surface area contributed by atoms with Gasteiger partial charge in [0.25, 0.3) is 5.92 Å². The fourth-order valence-electron chi connectivity index (χ4n) is 3.43. The van der Waals surface area contributed by atoms with Gasteiger partial charge in [-0.15, -0.1) is 0 Å². The van der Waals surface area contributed by atoms with Crippen molar-refractivity contribution in [2.45, 2.75) is 56.5 Å². The van der Waals surface area contributed by atoms with Crippen LogP contribution in [-0.4, -0.2) is 71.0 Å². The Morgan fingerprint density at radius 3 is 2.29 bits per heavy atom. The molecule has 3 N–H and O–H groups in total. The van der Waals surface area contributed by atoms with Gasteiger partial charge in [-0.2, -0.15) is 0 Å². The summed E-state index contributed by atoms with van der Waals surface area (Å²) in [4.78, 5) is 26.4. The Labute approximate surface area is 141 Å². The normalized spacial score (nSPS) is 28.4. The molecule has 0 aromatic rings. The topological polar surface area (TPSA) is 86.9 Å². The maximum Gasteiger partial charge on any atom is 0.250 e. The number of hydrogen-bond acceptors (Lipinski definition) is 4. The first-order valence-corrected chi connectivity index (χ1v) is 8.58. The molecule has 0 radical (unpaired) electrons. The summed E-state index contributed by atoms with van der Waals surface area (Å²) in [6, 6.07) is 0. The van der Waals surface area contributed by atoms with Crippen molar-refractivity contribution in [1.82, 2.24) is 9.80 Å². The van der Waals surface area contributed by atoms with Gasteiger partial charge in [0.1, 0.15) is 0 Å². The molecule has 0 aromatic carbocycles. The number of likely N-dealkylation sites (tertiary alicyclic amines) is 2. The van der Waals surface area contributed by atoms with Gasteiger partial charge in [-0.05, 0) is 19.3 Å². The highest BCUT2D eigenvalue weighted by atomic mass is 19.3. The Morgan fingerprint density at radius 2 is 1.67 bits per heavy atom. The number of amides is 2. The molecule has 2 saturated heterocycles. The maximum atomic E-state index is 13.2. The van der Waals surface area contributed by atoms with Crippen molar-refractivity contribution in [3.05, 3.63) is 0 Å². The zero-order chi connectivity index (χ0) is 17.8. The summed E-state index contributed by atoms with van der Waals surface area (Å²) in [5, 5.41) is 10.8. The molecule has 2 amide bonds. The van der Waals surface area contributed by atoms with Crippen LogP contribution in [0.5, 0.6) is 0 Å². The molecule has 2 aliphatic rings. The van der Waals surface area contributed by atoms with Crippen LogP contribution in [0.15, 0.2) is 0 Å². The first kappa shape index (κ1) is 19.1. The summed E-state index contributed by atoms with van der Waals surface area (Å²) in [5.74, 6) is -3.22. The average molecular weight is 347 g/mol. The molecule has 138 valence electrons. The molecule has 8 heteroatoms. The molecule has 6 nitrogen and oxygen atoms in total. The Morgan fingerprint density at radius 1 is 1.00 bits per heavy atom. The molecule has 2 rings (SSSR count). The minimum atomic E-state index is -2.59.